The normalized spacial score (nSPS) is 11.0. The zero-order valence-corrected chi connectivity index (χ0v) is 14.5. The number of nitrogens with zero attached hydrogens (tertiary/aromatic N) is 1. The molecule has 0 amide bonds. The lowest BCUT2D eigenvalue weighted by molar-refractivity contribution is 0.412. The van der Waals surface area contributed by atoms with Crippen molar-refractivity contribution in [3.63, 3.8) is 0 Å². The lowest BCUT2D eigenvalue weighted by Gasteiger charge is -2.12. The minimum absolute atomic E-state index is 0.0712. The monoisotopic (exact) mass is 374 g/mol. The molecule has 0 atom stereocenters. The topological polar surface area (TPSA) is 77.5 Å². The minimum Gasteiger partial charge on any atom is -0.497 e. The Morgan fingerprint density at radius 1 is 0.962 bits per heavy atom. The second-order valence-corrected chi connectivity index (χ2v) is 6.88. The van der Waals surface area contributed by atoms with E-state index in [1.165, 1.54) is 24.4 Å². The second-order valence-electron chi connectivity index (χ2n) is 5.19. The number of pyridine rings is 1. The molecule has 1 N–H and O–H groups in total. The van der Waals surface area contributed by atoms with Crippen molar-refractivity contribution in [3.8, 4) is 17.4 Å². The highest BCUT2D eigenvalue weighted by Gasteiger charge is 2.17. The van der Waals surface area contributed by atoms with Gasteiger partial charge in [0.15, 0.2) is 0 Å². The molecule has 0 aliphatic carbocycles. The summed E-state index contributed by atoms with van der Waals surface area (Å²) < 4.78 is 51.1. The van der Waals surface area contributed by atoms with Crippen molar-refractivity contribution in [3.05, 3.63) is 72.7 Å². The highest BCUT2D eigenvalue weighted by atomic mass is 32.2. The molecule has 134 valence electrons. The summed E-state index contributed by atoms with van der Waals surface area (Å²) >= 11 is 0. The van der Waals surface area contributed by atoms with Crippen LogP contribution in [0.25, 0.3) is 0 Å². The third-order valence-electron chi connectivity index (χ3n) is 3.41. The first kappa shape index (κ1) is 17.7. The second kappa shape index (κ2) is 7.40. The molecule has 0 aliphatic rings. The predicted molar refractivity (Wildman–Crippen MR) is 94.5 cm³/mol. The van der Waals surface area contributed by atoms with Crippen LogP contribution in [0.2, 0.25) is 0 Å². The fraction of sp³-hybridized carbons (Fsp3) is 0.0556. The first-order valence-electron chi connectivity index (χ1n) is 7.53. The number of nitrogens with one attached hydrogen (secondary N) is 1. The van der Waals surface area contributed by atoms with E-state index in [-0.39, 0.29) is 16.5 Å². The number of methoxy groups -OCH3 is 1. The van der Waals surface area contributed by atoms with Crippen LogP contribution < -0.4 is 14.2 Å². The molecule has 8 heteroatoms. The molecule has 0 spiro atoms. The average Bonchev–Trinajstić information content (AvgIpc) is 2.64. The molecule has 0 radical (unpaired) electrons. The minimum atomic E-state index is -3.91. The smallest absolute Gasteiger partial charge is 0.262 e. The van der Waals surface area contributed by atoms with Crippen LogP contribution in [0.1, 0.15) is 0 Å². The van der Waals surface area contributed by atoms with E-state index in [1.807, 2.05) is 0 Å². The number of anilines is 1. The van der Waals surface area contributed by atoms with Crippen molar-refractivity contribution in [1.29, 1.82) is 0 Å². The Bertz CT molecular complexity index is 990. The van der Waals surface area contributed by atoms with E-state index < -0.39 is 15.8 Å². The van der Waals surface area contributed by atoms with Gasteiger partial charge in [-0.25, -0.2) is 17.8 Å². The number of aromatic nitrogens is 1. The van der Waals surface area contributed by atoms with Gasteiger partial charge < -0.3 is 9.47 Å². The number of sulfonamides is 1. The van der Waals surface area contributed by atoms with Crippen LogP contribution in [0.4, 0.5) is 10.1 Å². The third-order valence-corrected chi connectivity index (χ3v) is 4.79. The van der Waals surface area contributed by atoms with Gasteiger partial charge in [-0.15, -0.1) is 0 Å². The maximum Gasteiger partial charge on any atom is 0.262 e. The fourth-order valence-electron chi connectivity index (χ4n) is 2.12. The molecule has 0 aliphatic heterocycles. The quantitative estimate of drug-likeness (QED) is 0.710. The Labute approximate surface area is 150 Å². The van der Waals surface area contributed by atoms with Gasteiger partial charge in [-0.3, -0.25) is 4.72 Å². The maximum absolute atomic E-state index is 13.0. The van der Waals surface area contributed by atoms with Crippen LogP contribution >= 0.6 is 0 Å². The molecular formula is C18H15FN2O4S. The van der Waals surface area contributed by atoms with Gasteiger partial charge in [-0.1, -0.05) is 0 Å². The van der Waals surface area contributed by atoms with E-state index in [4.69, 9.17) is 9.47 Å². The van der Waals surface area contributed by atoms with E-state index in [0.29, 0.717) is 11.5 Å². The summed E-state index contributed by atoms with van der Waals surface area (Å²) in [6, 6.07) is 14.4. The summed E-state index contributed by atoms with van der Waals surface area (Å²) in [6.45, 7) is 0. The van der Waals surface area contributed by atoms with Crippen molar-refractivity contribution in [1.82, 2.24) is 4.98 Å². The molecule has 6 nitrogen and oxygen atoms in total. The standard InChI is InChI=1S/C18H15FN2O4S/c1-24-14-6-8-15(9-7-14)25-18-17(3-2-12-20-18)21-26(22,23)16-10-4-13(19)5-11-16/h2-12,21H,1H3. The van der Waals surface area contributed by atoms with Gasteiger partial charge in [0.1, 0.15) is 23.0 Å². The molecular weight excluding hydrogens is 359 g/mol. The molecule has 26 heavy (non-hydrogen) atoms. The van der Waals surface area contributed by atoms with Gasteiger partial charge in [0, 0.05) is 6.20 Å². The molecule has 2 aromatic carbocycles. The number of ether oxygens (including phenoxy) is 2. The van der Waals surface area contributed by atoms with Gasteiger partial charge in [0.05, 0.1) is 12.0 Å². The van der Waals surface area contributed by atoms with Gasteiger partial charge >= 0.3 is 0 Å². The van der Waals surface area contributed by atoms with Gasteiger partial charge in [-0.05, 0) is 60.7 Å². The van der Waals surface area contributed by atoms with Crippen molar-refractivity contribution in [2.24, 2.45) is 0 Å². The molecule has 3 rings (SSSR count). The molecule has 0 saturated heterocycles. The molecule has 0 unspecified atom stereocenters. The Balaban J connectivity index is 1.85. The Morgan fingerprint density at radius 2 is 1.62 bits per heavy atom. The summed E-state index contributed by atoms with van der Waals surface area (Å²) in [4.78, 5) is 4.00. The van der Waals surface area contributed by atoms with Crippen molar-refractivity contribution >= 4 is 15.7 Å². The van der Waals surface area contributed by atoms with Crippen LogP contribution in [0.3, 0.4) is 0 Å². The predicted octanol–water partition coefficient (Wildman–Crippen LogP) is 3.82. The number of rotatable bonds is 6. The van der Waals surface area contributed by atoms with E-state index >= 15 is 0 Å². The summed E-state index contributed by atoms with van der Waals surface area (Å²) in [7, 11) is -2.36. The zero-order chi connectivity index (χ0) is 18.6. The molecule has 1 aromatic heterocycles. The molecule has 3 aromatic rings. The number of benzene rings is 2. The number of hydrogen-bond acceptors (Lipinski definition) is 5. The number of hydrogen-bond donors (Lipinski definition) is 1. The van der Waals surface area contributed by atoms with E-state index in [2.05, 4.69) is 9.71 Å². The third kappa shape index (κ3) is 4.09. The van der Waals surface area contributed by atoms with Crippen LogP contribution in [0, 0.1) is 5.82 Å². The summed E-state index contributed by atoms with van der Waals surface area (Å²) in [5.41, 5.74) is 0.160. The average molecular weight is 374 g/mol. The number of halogens is 1. The Kier molecular flexibility index (Phi) is 5.04. The summed E-state index contributed by atoms with van der Waals surface area (Å²) in [6.07, 6.45) is 1.48. The SMILES string of the molecule is COc1ccc(Oc2ncccc2NS(=O)(=O)c2ccc(F)cc2)cc1. The van der Waals surface area contributed by atoms with E-state index in [1.54, 1.807) is 37.4 Å². The first-order chi connectivity index (χ1) is 12.5. The molecule has 0 fully saturated rings. The highest BCUT2D eigenvalue weighted by Crippen LogP contribution is 2.29. The zero-order valence-electron chi connectivity index (χ0n) is 13.7. The fourth-order valence-corrected chi connectivity index (χ4v) is 3.18. The lowest BCUT2D eigenvalue weighted by atomic mass is 10.3. The maximum atomic E-state index is 13.0. The van der Waals surface area contributed by atoms with Crippen molar-refractivity contribution in [2.45, 2.75) is 4.90 Å². The first-order valence-corrected chi connectivity index (χ1v) is 9.01. The van der Waals surface area contributed by atoms with Crippen molar-refractivity contribution < 1.29 is 22.3 Å². The highest BCUT2D eigenvalue weighted by molar-refractivity contribution is 7.92. The van der Waals surface area contributed by atoms with Crippen LogP contribution in [-0.4, -0.2) is 20.5 Å². The van der Waals surface area contributed by atoms with Crippen LogP contribution in [-0.2, 0) is 10.0 Å². The molecule has 1 heterocycles. The van der Waals surface area contributed by atoms with Crippen LogP contribution in [0.5, 0.6) is 17.4 Å². The summed E-state index contributed by atoms with van der Waals surface area (Å²) in [5, 5.41) is 0. The van der Waals surface area contributed by atoms with Crippen molar-refractivity contribution in [2.75, 3.05) is 11.8 Å². The van der Waals surface area contributed by atoms with Gasteiger partial charge in [0.25, 0.3) is 10.0 Å². The molecule has 0 bridgehead atoms. The largest absolute Gasteiger partial charge is 0.497 e. The van der Waals surface area contributed by atoms with E-state index in [0.717, 1.165) is 12.1 Å². The van der Waals surface area contributed by atoms with Gasteiger partial charge in [0.2, 0.25) is 5.88 Å². The molecule has 0 saturated carbocycles. The Hall–Kier alpha value is -3.13. The Morgan fingerprint density at radius 3 is 2.27 bits per heavy atom. The van der Waals surface area contributed by atoms with Crippen LogP contribution in [0.15, 0.2) is 71.8 Å². The van der Waals surface area contributed by atoms with Gasteiger partial charge in [-0.2, -0.15) is 0 Å². The van der Waals surface area contributed by atoms with E-state index in [9.17, 15) is 12.8 Å². The summed E-state index contributed by atoms with van der Waals surface area (Å²) in [5.74, 6) is 0.694. The lowest BCUT2D eigenvalue weighted by Crippen LogP contribution is -2.13.